The van der Waals surface area contributed by atoms with Crippen LogP contribution in [0.2, 0.25) is 0 Å². The number of nitrogens with zero attached hydrogens (tertiary/aromatic N) is 7. The molecule has 172 valence electrons. The number of non-ortho nitro benzene ring substituents is 1. The highest BCUT2D eigenvalue weighted by Gasteiger charge is 2.23. The summed E-state index contributed by atoms with van der Waals surface area (Å²) < 4.78 is 2.23. The van der Waals surface area contributed by atoms with Crippen LogP contribution < -0.4 is 4.90 Å². The zero-order chi connectivity index (χ0) is 23.8. The lowest BCUT2D eigenvalue weighted by molar-refractivity contribution is -0.384. The van der Waals surface area contributed by atoms with E-state index in [1.165, 1.54) is 5.69 Å². The van der Waals surface area contributed by atoms with Crippen LogP contribution in [0.15, 0.2) is 30.5 Å². The summed E-state index contributed by atoms with van der Waals surface area (Å²) in [7, 11) is 0. The van der Waals surface area contributed by atoms with Crippen molar-refractivity contribution in [1.82, 2.24) is 19.4 Å². The predicted molar refractivity (Wildman–Crippen MR) is 127 cm³/mol. The number of piperazine rings is 1. The zero-order valence-electron chi connectivity index (χ0n) is 19.6. The number of nitriles is 1. The van der Waals surface area contributed by atoms with Crippen LogP contribution in [-0.4, -0.2) is 50.5 Å². The van der Waals surface area contributed by atoms with Gasteiger partial charge in [-0.3, -0.25) is 15.0 Å². The van der Waals surface area contributed by atoms with E-state index in [4.69, 9.17) is 0 Å². The van der Waals surface area contributed by atoms with Gasteiger partial charge in [-0.1, -0.05) is 20.8 Å². The third-order valence-corrected chi connectivity index (χ3v) is 5.94. The monoisotopic (exact) mass is 447 g/mol. The Balaban J connectivity index is 1.51. The summed E-state index contributed by atoms with van der Waals surface area (Å²) >= 11 is 0. The Morgan fingerprint density at radius 2 is 1.91 bits per heavy atom. The molecule has 3 aromatic rings. The number of anilines is 1. The number of fused-ring (bicyclic) bond motifs is 1. The van der Waals surface area contributed by atoms with Crippen LogP contribution >= 0.6 is 0 Å². The molecule has 0 spiro atoms. The van der Waals surface area contributed by atoms with Gasteiger partial charge in [-0.25, -0.2) is 9.97 Å². The number of benzene rings is 1. The molecule has 0 atom stereocenters. The number of nitro groups is 1. The van der Waals surface area contributed by atoms with Crippen molar-refractivity contribution in [2.24, 2.45) is 5.41 Å². The maximum Gasteiger partial charge on any atom is 0.269 e. The highest BCUT2D eigenvalue weighted by Crippen LogP contribution is 2.28. The van der Waals surface area contributed by atoms with Gasteiger partial charge in [-0.2, -0.15) is 5.26 Å². The van der Waals surface area contributed by atoms with Gasteiger partial charge >= 0.3 is 0 Å². The summed E-state index contributed by atoms with van der Waals surface area (Å²) in [6, 6.07) is 9.26. The maximum absolute atomic E-state index is 11.0. The molecule has 0 saturated carbocycles. The van der Waals surface area contributed by atoms with Crippen molar-refractivity contribution in [2.75, 3.05) is 31.1 Å². The first-order valence-electron chi connectivity index (χ1n) is 11.1. The molecule has 9 heteroatoms. The summed E-state index contributed by atoms with van der Waals surface area (Å²) in [4.78, 5) is 24.0. The molecule has 9 nitrogen and oxygen atoms in total. The largest absolute Gasteiger partial charge is 0.369 e. The minimum atomic E-state index is -0.352. The lowest BCUT2D eigenvalue weighted by atomic mass is 9.97. The van der Waals surface area contributed by atoms with Gasteiger partial charge in [0, 0.05) is 74.4 Å². The first-order chi connectivity index (χ1) is 15.6. The molecule has 1 aliphatic heterocycles. The molecular weight excluding hydrogens is 418 g/mol. The highest BCUT2D eigenvalue weighted by atomic mass is 16.6. The molecule has 2 aromatic heterocycles. The average Bonchev–Trinajstić information content (AvgIpc) is 3.09. The molecule has 3 heterocycles. The van der Waals surface area contributed by atoms with Gasteiger partial charge in [0.1, 0.15) is 11.7 Å². The number of aryl methyl sites for hydroxylation is 1. The Bertz CT molecular complexity index is 1230. The van der Waals surface area contributed by atoms with E-state index in [9.17, 15) is 15.4 Å². The summed E-state index contributed by atoms with van der Waals surface area (Å²) in [5.74, 6) is 0.189. The number of aromatic nitrogens is 3. The van der Waals surface area contributed by atoms with E-state index in [0.29, 0.717) is 0 Å². The molecule has 33 heavy (non-hydrogen) atoms. The standard InChI is InChI=1S/C24H29N7O2/c1-17-11-19(31(32)33)5-6-21(17)29-9-7-28(8-10-29)15-20-12-18-14-26-22(13-25)27-23(18)30(20)16-24(2,3)4/h5-6,11-12,14H,7-10,15-16H2,1-4H3. The SMILES string of the molecule is Cc1cc([N+](=O)[O-])ccc1N1CCN(Cc2cc3cnc(C#N)nc3n2CC(C)(C)C)CC1. The summed E-state index contributed by atoms with van der Waals surface area (Å²) in [6.45, 7) is 13.6. The van der Waals surface area contributed by atoms with Crippen molar-refractivity contribution in [1.29, 1.82) is 5.26 Å². The molecule has 0 N–H and O–H groups in total. The van der Waals surface area contributed by atoms with Crippen LogP contribution in [0.3, 0.4) is 0 Å². The first-order valence-corrected chi connectivity index (χ1v) is 11.1. The smallest absolute Gasteiger partial charge is 0.269 e. The first kappa shape index (κ1) is 22.7. The highest BCUT2D eigenvalue weighted by molar-refractivity contribution is 5.77. The van der Waals surface area contributed by atoms with E-state index in [2.05, 4.69) is 51.2 Å². The van der Waals surface area contributed by atoms with Crippen molar-refractivity contribution in [3.8, 4) is 6.07 Å². The average molecular weight is 448 g/mol. The summed E-state index contributed by atoms with van der Waals surface area (Å²) in [6.07, 6.45) is 1.73. The van der Waals surface area contributed by atoms with Crippen LogP contribution in [0.4, 0.5) is 11.4 Å². The quantitative estimate of drug-likeness (QED) is 0.432. The Hall–Kier alpha value is -3.51. The van der Waals surface area contributed by atoms with Crippen molar-refractivity contribution >= 4 is 22.4 Å². The van der Waals surface area contributed by atoms with Crippen molar-refractivity contribution < 1.29 is 4.92 Å². The number of rotatable bonds is 5. The number of hydrogen-bond acceptors (Lipinski definition) is 7. The minimum absolute atomic E-state index is 0.0601. The second kappa shape index (κ2) is 8.79. The predicted octanol–water partition coefficient (Wildman–Crippen LogP) is 3.89. The molecule has 0 bridgehead atoms. The summed E-state index contributed by atoms with van der Waals surface area (Å²) in [5, 5.41) is 21.2. The molecule has 1 aliphatic rings. The molecule has 1 fully saturated rings. The van der Waals surface area contributed by atoms with E-state index >= 15 is 0 Å². The van der Waals surface area contributed by atoms with Gasteiger partial charge in [0.2, 0.25) is 5.82 Å². The fourth-order valence-corrected chi connectivity index (χ4v) is 4.41. The van der Waals surface area contributed by atoms with Crippen molar-refractivity contribution in [3.05, 3.63) is 57.7 Å². The van der Waals surface area contributed by atoms with E-state index in [0.717, 1.165) is 61.6 Å². The maximum atomic E-state index is 11.0. The van der Waals surface area contributed by atoms with Gasteiger partial charge in [0.05, 0.1) is 4.92 Å². The second-order valence-electron chi connectivity index (χ2n) is 9.86. The van der Waals surface area contributed by atoms with Crippen molar-refractivity contribution in [3.63, 3.8) is 0 Å². The Labute approximate surface area is 193 Å². The zero-order valence-corrected chi connectivity index (χ0v) is 19.6. The van der Waals surface area contributed by atoms with Crippen LogP contribution in [0.1, 0.15) is 37.9 Å². The van der Waals surface area contributed by atoms with E-state index in [1.54, 1.807) is 18.3 Å². The Morgan fingerprint density at radius 1 is 1.18 bits per heavy atom. The van der Waals surface area contributed by atoms with Crippen LogP contribution in [-0.2, 0) is 13.1 Å². The lowest BCUT2D eigenvalue weighted by Crippen LogP contribution is -2.46. The van der Waals surface area contributed by atoms with Crippen LogP contribution in [0.5, 0.6) is 0 Å². The molecular formula is C24H29N7O2. The van der Waals surface area contributed by atoms with E-state index in [-0.39, 0.29) is 21.9 Å². The molecule has 0 amide bonds. The van der Waals surface area contributed by atoms with Gasteiger partial charge < -0.3 is 9.47 Å². The fraction of sp³-hybridized carbons (Fsp3) is 0.458. The Kier molecular flexibility index (Phi) is 6.04. The van der Waals surface area contributed by atoms with E-state index in [1.807, 2.05) is 19.1 Å². The van der Waals surface area contributed by atoms with E-state index < -0.39 is 0 Å². The molecule has 1 saturated heterocycles. The topological polar surface area (TPSA) is 104 Å². The number of nitro benzene ring substituents is 1. The van der Waals surface area contributed by atoms with Gasteiger partial charge in [-0.05, 0) is 30.0 Å². The molecule has 4 rings (SSSR count). The van der Waals surface area contributed by atoms with Crippen LogP contribution in [0.25, 0.3) is 11.0 Å². The fourth-order valence-electron chi connectivity index (χ4n) is 4.41. The third kappa shape index (κ3) is 4.96. The van der Waals surface area contributed by atoms with Gasteiger partial charge in [-0.15, -0.1) is 0 Å². The van der Waals surface area contributed by atoms with Gasteiger partial charge in [0.15, 0.2) is 0 Å². The van der Waals surface area contributed by atoms with Gasteiger partial charge in [0.25, 0.3) is 5.69 Å². The molecule has 1 aromatic carbocycles. The summed E-state index contributed by atoms with van der Waals surface area (Å²) in [5.41, 5.74) is 4.15. The molecule has 0 radical (unpaired) electrons. The lowest BCUT2D eigenvalue weighted by Gasteiger charge is -2.37. The Morgan fingerprint density at radius 3 is 2.52 bits per heavy atom. The minimum Gasteiger partial charge on any atom is -0.369 e. The van der Waals surface area contributed by atoms with Crippen molar-refractivity contribution in [2.45, 2.75) is 40.8 Å². The number of hydrogen-bond donors (Lipinski definition) is 0. The normalized spacial score (nSPS) is 15.1. The third-order valence-electron chi connectivity index (χ3n) is 5.94. The molecule has 0 aliphatic carbocycles. The van der Waals surface area contributed by atoms with Crippen LogP contribution in [0, 0.1) is 33.8 Å². The second-order valence-corrected chi connectivity index (χ2v) is 9.86. The molecule has 0 unspecified atom stereocenters.